The molecule has 3 aromatic rings. The molecular weight excluding hydrogens is 327 g/mol. The first-order chi connectivity index (χ1) is 12.6. The van der Waals surface area contributed by atoms with E-state index in [1.165, 1.54) is 6.07 Å². The van der Waals surface area contributed by atoms with Gasteiger partial charge in [-0.05, 0) is 48.6 Å². The van der Waals surface area contributed by atoms with E-state index in [4.69, 9.17) is 0 Å². The first kappa shape index (κ1) is 16.8. The molecule has 3 nitrogen and oxygen atoms in total. The largest absolute Gasteiger partial charge is 0.350 e. The zero-order valence-corrected chi connectivity index (χ0v) is 15.0. The predicted octanol–water partition coefficient (Wildman–Crippen LogP) is 4.09. The number of halogens is 1. The lowest BCUT2D eigenvalue weighted by Gasteiger charge is -2.25. The van der Waals surface area contributed by atoms with Crippen LogP contribution in [0, 0.1) is 5.82 Å². The summed E-state index contributed by atoms with van der Waals surface area (Å²) in [6.07, 6.45) is 5.19. The van der Waals surface area contributed by atoms with Crippen LogP contribution in [0.3, 0.4) is 0 Å². The van der Waals surface area contributed by atoms with Crippen molar-refractivity contribution in [3.63, 3.8) is 0 Å². The number of fused-ring (bicyclic) bond motifs is 1. The molecule has 26 heavy (non-hydrogen) atoms. The highest BCUT2D eigenvalue weighted by Crippen LogP contribution is 2.25. The van der Waals surface area contributed by atoms with Crippen molar-refractivity contribution in [3.8, 4) is 0 Å². The van der Waals surface area contributed by atoms with Crippen LogP contribution in [-0.2, 0) is 24.7 Å². The van der Waals surface area contributed by atoms with Gasteiger partial charge in [-0.3, -0.25) is 4.79 Å². The Hall–Kier alpha value is -2.62. The normalized spacial score (nSPS) is 17.2. The Morgan fingerprint density at radius 2 is 2.04 bits per heavy atom. The molecule has 1 atom stereocenters. The topological polar surface area (TPSA) is 25.2 Å². The summed E-state index contributed by atoms with van der Waals surface area (Å²) in [6, 6.07) is 15.1. The number of hydrogen-bond acceptors (Lipinski definition) is 1. The summed E-state index contributed by atoms with van der Waals surface area (Å²) in [5.41, 5.74) is 3.18. The van der Waals surface area contributed by atoms with Crippen molar-refractivity contribution in [1.82, 2.24) is 9.47 Å². The first-order valence-corrected chi connectivity index (χ1v) is 9.18. The molecule has 0 bridgehead atoms. The Labute approximate surface area is 153 Å². The van der Waals surface area contributed by atoms with Gasteiger partial charge in [0.15, 0.2) is 0 Å². The zero-order chi connectivity index (χ0) is 18.1. The van der Waals surface area contributed by atoms with E-state index in [1.54, 1.807) is 12.1 Å². The van der Waals surface area contributed by atoms with Crippen LogP contribution < -0.4 is 0 Å². The smallest absolute Gasteiger partial charge is 0.227 e. The van der Waals surface area contributed by atoms with E-state index in [9.17, 15) is 9.18 Å². The fourth-order valence-electron chi connectivity index (χ4n) is 4.14. The molecule has 1 unspecified atom stereocenters. The number of aromatic nitrogens is 1. The standard InChI is InChI=1S/C22H23FN2O/c1-24-15-17(20-9-2-3-10-21(20)24)14-22(26)25-11-5-8-19(25)13-16-6-4-7-18(23)12-16/h2-4,6-7,9-10,12,15,19H,5,8,11,13-14H2,1H3. The van der Waals surface area contributed by atoms with Gasteiger partial charge in [0.05, 0.1) is 6.42 Å². The van der Waals surface area contributed by atoms with Crippen LogP contribution in [0.1, 0.15) is 24.0 Å². The number of benzene rings is 2. The predicted molar refractivity (Wildman–Crippen MR) is 101 cm³/mol. The molecule has 2 aromatic carbocycles. The van der Waals surface area contributed by atoms with Gasteiger partial charge in [-0.15, -0.1) is 0 Å². The maximum atomic E-state index is 13.5. The Morgan fingerprint density at radius 3 is 2.88 bits per heavy atom. The van der Waals surface area contributed by atoms with Gasteiger partial charge in [0, 0.05) is 36.7 Å². The van der Waals surface area contributed by atoms with Crippen molar-refractivity contribution in [1.29, 1.82) is 0 Å². The van der Waals surface area contributed by atoms with E-state index in [-0.39, 0.29) is 17.8 Å². The number of likely N-dealkylation sites (tertiary alicyclic amines) is 1. The van der Waals surface area contributed by atoms with Crippen molar-refractivity contribution < 1.29 is 9.18 Å². The summed E-state index contributed by atoms with van der Waals surface area (Å²) in [5, 5.41) is 1.14. The highest BCUT2D eigenvalue weighted by atomic mass is 19.1. The molecule has 0 radical (unpaired) electrons. The van der Waals surface area contributed by atoms with E-state index in [0.717, 1.165) is 47.8 Å². The Kier molecular flexibility index (Phi) is 4.49. The molecule has 0 aliphatic carbocycles. The van der Waals surface area contributed by atoms with Gasteiger partial charge in [0.25, 0.3) is 0 Å². The minimum absolute atomic E-state index is 0.166. The van der Waals surface area contributed by atoms with Crippen LogP contribution in [0.2, 0.25) is 0 Å². The van der Waals surface area contributed by atoms with Gasteiger partial charge in [-0.1, -0.05) is 30.3 Å². The lowest BCUT2D eigenvalue weighted by Crippen LogP contribution is -2.37. The molecule has 1 aromatic heterocycles. The van der Waals surface area contributed by atoms with Crippen molar-refractivity contribution >= 4 is 16.8 Å². The zero-order valence-electron chi connectivity index (χ0n) is 15.0. The minimum Gasteiger partial charge on any atom is -0.350 e. The average Bonchev–Trinajstić information content (AvgIpc) is 3.21. The number of carbonyl (C=O) groups is 1. The molecule has 4 rings (SSSR count). The summed E-state index contributed by atoms with van der Waals surface area (Å²) in [7, 11) is 2.01. The van der Waals surface area contributed by atoms with E-state index in [2.05, 4.69) is 22.9 Å². The number of para-hydroxylation sites is 1. The van der Waals surface area contributed by atoms with E-state index < -0.39 is 0 Å². The summed E-state index contributed by atoms with van der Waals surface area (Å²) < 4.78 is 15.5. The van der Waals surface area contributed by atoms with Crippen LogP contribution in [-0.4, -0.2) is 28.0 Å². The van der Waals surface area contributed by atoms with E-state index >= 15 is 0 Å². The van der Waals surface area contributed by atoms with Crippen LogP contribution >= 0.6 is 0 Å². The Morgan fingerprint density at radius 1 is 1.19 bits per heavy atom. The Balaban J connectivity index is 1.51. The molecule has 0 N–H and O–H groups in total. The second kappa shape index (κ2) is 6.94. The van der Waals surface area contributed by atoms with Gasteiger partial charge >= 0.3 is 0 Å². The van der Waals surface area contributed by atoms with Crippen LogP contribution in [0.5, 0.6) is 0 Å². The highest BCUT2D eigenvalue weighted by Gasteiger charge is 2.29. The third-order valence-electron chi connectivity index (χ3n) is 5.38. The van der Waals surface area contributed by atoms with Gasteiger partial charge in [0.2, 0.25) is 5.91 Å². The van der Waals surface area contributed by atoms with Crippen molar-refractivity contribution in [3.05, 3.63) is 71.7 Å². The lowest BCUT2D eigenvalue weighted by molar-refractivity contribution is -0.131. The lowest BCUT2D eigenvalue weighted by atomic mass is 10.0. The van der Waals surface area contributed by atoms with Crippen LogP contribution in [0.15, 0.2) is 54.7 Å². The molecule has 1 fully saturated rings. The molecule has 1 saturated heterocycles. The molecule has 0 spiro atoms. The third kappa shape index (κ3) is 3.24. The molecule has 1 aliphatic heterocycles. The molecular formula is C22H23FN2O. The number of rotatable bonds is 4. The molecule has 1 amide bonds. The number of amides is 1. The second-order valence-corrected chi connectivity index (χ2v) is 7.18. The van der Waals surface area contributed by atoms with Crippen molar-refractivity contribution in [2.75, 3.05) is 6.54 Å². The van der Waals surface area contributed by atoms with E-state index in [1.807, 2.05) is 30.1 Å². The van der Waals surface area contributed by atoms with Gasteiger partial charge in [0.1, 0.15) is 5.82 Å². The SMILES string of the molecule is Cn1cc(CC(=O)N2CCCC2Cc2cccc(F)c2)c2ccccc21. The second-order valence-electron chi connectivity index (χ2n) is 7.18. The highest BCUT2D eigenvalue weighted by molar-refractivity contribution is 5.89. The number of hydrogen-bond donors (Lipinski definition) is 0. The minimum atomic E-state index is -0.214. The summed E-state index contributed by atoms with van der Waals surface area (Å²) in [4.78, 5) is 15.0. The Bertz CT molecular complexity index is 946. The quantitative estimate of drug-likeness (QED) is 0.696. The van der Waals surface area contributed by atoms with Gasteiger partial charge < -0.3 is 9.47 Å². The number of carbonyl (C=O) groups excluding carboxylic acids is 1. The number of nitrogens with zero attached hydrogens (tertiary/aromatic N) is 2. The fourth-order valence-corrected chi connectivity index (χ4v) is 4.14. The average molecular weight is 350 g/mol. The molecule has 2 heterocycles. The molecule has 1 aliphatic rings. The summed E-state index contributed by atoms with van der Waals surface area (Å²) in [6.45, 7) is 0.795. The summed E-state index contributed by atoms with van der Waals surface area (Å²) in [5.74, 6) is -0.0469. The van der Waals surface area contributed by atoms with Crippen molar-refractivity contribution in [2.24, 2.45) is 7.05 Å². The van der Waals surface area contributed by atoms with Gasteiger partial charge in [-0.25, -0.2) is 4.39 Å². The van der Waals surface area contributed by atoms with Crippen LogP contribution in [0.25, 0.3) is 10.9 Å². The maximum absolute atomic E-state index is 13.5. The molecule has 134 valence electrons. The molecule has 4 heteroatoms. The van der Waals surface area contributed by atoms with Crippen molar-refractivity contribution in [2.45, 2.75) is 31.7 Å². The monoisotopic (exact) mass is 350 g/mol. The summed E-state index contributed by atoms with van der Waals surface area (Å²) >= 11 is 0. The van der Waals surface area contributed by atoms with Gasteiger partial charge in [-0.2, -0.15) is 0 Å². The number of aryl methyl sites for hydroxylation is 1. The first-order valence-electron chi connectivity index (χ1n) is 9.18. The van der Waals surface area contributed by atoms with E-state index in [0.29, 0.717) is 6.42 Å². The third-order valence-corrected chi connectivity index (χ3v) is 5.38. The van der Waals surface area contributed by atoms with Crippen LogP contribution in [0.4, 0.5) is 4.39 Å². The molecule has 0 saturated carbocycles. The fraction of sp³-hybridized carbons (Fsp3) is 0.318. The maximum Gasteiger partial charge on any atom is 0.227 e.